The Morgan fingerprint density at radius 1 is 1.53 bits per heavy atom. The van der Waals surface area contributed by atoms with Crippen LogP contribution in [-0.4, -0.2) is 15.7 Å². The lowest BCUT2D eigenvalue weighted by molar-refractivity contribution is 0.0810. The van der Waals surface area contributed by atoms with Gasteiger partial charge in [-0.15, -0.1) is 0 Å². The predicted molar refractivity (Wildman–Crippen MR) is 66.1 cm³/mol. The number of nitrogens with zero attached hydrogens (tertiary/aromatic N) is 2. The van der Waals surface area contributed by atoms with Crippen molar-refractivity contribution < 1.29 is 4.74 Å². The van der Waals surface area contributed by atoms with Gasteiger partial charge in [0.05, 0.1) is 6.07 Å². The number of aryl methyl sites for hydroxylation is 1. The summed E-state index contributed by atoms with van der Waals surface area (Å²) in [5.74, 6) is 0.454. The summed E-state index contributed by atoms with van der Waals surface area (Å²) >= 11 is 0. The van der Waals surface area contributed by atoms with Gasteiger partial charge < -0.3 is 9.30 Å². The summed E-state index contributed by atoms with van der Waals surface area (Å²) in [5, 5.41) is 0. The molecule has 0 aromatic carbocycles. The first-order valence-electron chi connectivity index (χ1n) is 6.16. The van der Waals surface area contributed by atoms with Gasteiger partial charge in [0.1, 0.15) is 12.4 Å². The summed E-state index contributed by atoms with van der Waals surface area (Å²) in [6.45, 7) is 4.53. The minimum absolute atomic E-state index is 0.0786. The van der Waals surface area contributed by atoms with Gasteiger partial charge in [0.25, 0.3) is 5.56 Å². The quantitative estimate of drug-likeness (QED) is 0.790. The van der Waals surface area contributed by atoms with Gasteiger partial charge in [-0.3, -0.25) is 4.79 Å². The molecule has 0 radical (unpaired) electrons. The van der Waals surface area contributed by atoms with E-state index in [0.717, 1.165) is 12.8 Å². The molecule has 1 atom stereocenters. The Bertz CT molecular complexity index is 451. The standard InChI is InChI=1S/C13H20N2O2/c1-13(2)6-4-5-10(8-13)17-11-7-12(16)15(3)9-14-11/h7,9-10H,4-6,8H2,1-3H3. The van der Waals surface area contributed by atoms with Crippen molar-refractivity contribution in [2.75, 3.05) is 0 Å². The van der Waals surface area contributed by atoms with Crippen LogP contribution in [0.5, 0.6) is 5.88 Å². The largest absolute Gasteiger partial charge is 0.474 e. The number of ether oxygens (including phenoxy) is 1. The highest BCUT2D eigenvalue weighted by molar-refractivity contribution is 5.06. The molecular weight excluding hydrogens is 216 g/mol. The van der Waals surface area contributed by atoms with Crippen LogP contribution in [0.3, 0.4) is 0 Å². The topological polar surface area (TPSA) is 44.1 Å². The Labute approximate surface area is 102 Å². The van der Waals surface area contributed by atoms with Crippen molar-refractivity contribution in [1.82, 2.24) is 9.55 Å². The van der Waals surface area contributed by atoms with Crippen molar-refractivity contribution in [3.63, 3.8) is 0 Å². The molecule has 4 nitrogen and oxygen atoms in total. The Kier molecular flexibility index (Phi) is 3.22. The monoisotopic (exact) mass is 236 g/mol. The first kappa shape index (κ1) is 12.1. The first-order valence-corrected chi connectivity index (χ1v) is 6.16. The van der Waals surface area contributed by atoms with Crippen LogP contribution in [0.4, 0.5) is 0 Å². The van der Waals surface area contributed by atoms with Gasteiger partial charge in [0.15, 0.2) is 0 Å². The van der Waals surface area contributed by atoms with Crippen molar-refractivity contribution >= 4 is 0 Å². The molecule has 1 saturated carbocycles. The molecule has 94 valence electrons. The molecule has 0 N–H and O–H groups in total. The maximum absolute atomic E-state index is 11.5. The molecule has 1 aliphatic rings. The number of rotatable bonds is 2. The third-order valence-electron chi connectivity index (χ3n) is 3.40. The van der Waals surface area contributed by atoms with Gasteiger partial charge in [-0.2, -0.15) is 0 Å². The third kappa shape index (κ3) is 3.08. The average Bonchev–Trinajstić information content (AvgIpc) is 2.22. The molecule has 0 saturated heterocycles. The second-order valence-corrected chi connectivity index (χ2v) is 5.68. The summed E-state index contributed by atoms with van der Waals surface area (Å²) in [7, 11) is 1.68. The Morgan fingerprint density at radius 3 is 2.94 bits per heavy atom. The minimum atomic E-state index is -0.0786. The van der Waals surface area contributed by atoms with E-state index in [1.807, 2.05) is 0 Å². The fraction of sp³-hybridized carbons (Fsp3) is 0.692. The highest BCUT2D eigenvalue weighted by Crippen LogP contribution is 2.36. The summed E-state index contributed by atoms with van der Waals surface area (Å²) in [6.07, 6.45) is 6.22. The summed E-state index contributed by atoms with van der Waals surface area (Å²) < 4.78 is 7.24. The van der Waals surface area contributed by atoms with Gasteiger partial charge in [0.2, 0.25) is 5.88 Å². The van der Waals surface area contributed by atoms with Crippen LogP contribution in [-0.2, 0) is 7.05 Å². The molecule has 0 spiro atoms. The van der Waals surface area contributed by atoms with Crippen molar-refractivity contribution in [2.45, 2.75) is 45.6 Å². The van der Waals surface area contributed by atoms with E-state index >= 15 is 0 Å². The van der Waals surface area contributed by atoms with Crippen LogP contribution >= 0.6 is 0 Å². The highest BCUT2D eigenvalue weighted by Gasteiger charge is 2.29. The Balaban J connectivity index is 2.05. The molecular formula is C13H20N2O2. The van der Waals surface area contributed by atoms with Crippen LogP contribution in [0.1, 0.15) is 39.5 Å². The lowest BCUT2D eigenvalue weighted by Crippen LogP contribution is -2.31. The van der Waals surface area contributed by atoms with E-state index in [2.05, 4.69) is 18.8 Å². The molecule has 1 unspecified atom stereocenters. The molecule has 1 aromatic rings. The van der Waals surface area contributed by atoms with Crippen LogP contribution in [0.25, 0.3) is 0 Å². The summed E-state index contributed by atoms with van der Waals surface area (Å²) in [6, 6.07) is 1.46. The Morgan fingerprint density at radius 2 is 2.29 bits per heavy atom. The van der Waals surface area contributed by atoms with E-state index in [0.29, 0.717) is 11.3 Å². The van der Waals surface area contributed by atoms with Gasteiger partial charge in [-0.05, 0) is 31.1 Å². The van der Waals surface area contributed by atoms with E-state index in [1.54, 1.807) is 7.05 Å². The van der Waals surface area contributed by atoms with Crippen LogP contribution < -0.4 is 10.3 Å². The fourth-order valence-electron chi connectivity index (χ4n) is 2.41. The molecule has 1 aromatic heterocycles. The summed E-state index contributed by atoms with van der Waals surface area (Å²) in [5.41, 5.74) is 0.257. The lowest BCUT2D eigenvalue weighted by atomic mass is 9.76. The normalized spacial score (nSPS) is 23.4. The second-order valence-electron chi connectivity index (χ2n) is 5.68. The molecule has 4 heteroatoms. The average molecular weight is 236 g/mol. The maximum Gasteiger partial charge on any atom is 0.256 e. The maximum atomic E-state index is 11.5. The molecule has 0 bridgehead atoms. The van der Waals surface area contributed by atoms with E-state index in [-0.39, 0.29) is 11.7 Å². The SMILES string of the molecule is Cn1cnc(OC2CCCC(C)(C)C2)cc1=O. The van der Waals surface area contributed by atoms with Gasteiger partial charge in [-0.1, -0.05) is 13.8 Å². The van der Waals surface area contributed by atoms with E-state index in [4.69, 9.17) is 4.74 Å². The fourth-order valence-corrected chi connectivity index (χ4v) is 2.41. The van der Waals surface area contributed by atoms with Crippen LogP contribution in [0.15, 0.2) is 17.2 Å². The van der Waals surface area contributed by atoms with E-state index in [9.17, 15) is 4.79 Å². The van der Waals surface area contributed by atoms with Crippen LogP contribution in [0.2, 0.25) is 0 Å². The number of hydrogen-bond donors (Lipinski definition) is 0. The second kappa shape index (κ2) is 4.51. The zero-order chi connectivity index (χ0) is 12.5. The molecule has 1 fully saturated rings. The number of hydrogen-bond acceptors (Lipinski definition) is 3. The molecule has 1 heterocycles. The summed E-state index contributed by atoms with van der Waals surface area (Å²) in [4.78, 5) is 15.6. The first-order chi connectivity index (χ1) is 7.96. The van der Waals surface area contributed by atoms with Crippen molar-refractivity contribution in [3.05, 3.63) is 22.7 Å². The van der Waals surface area contributed by atoms with Crippen molar-refractivity contribution in [1.29, 1.82) is 0 Å². The minimum Gasteiger partial charge on any atom is -0.474 e. The van der Waals surface area contributed by atoms with Crippen molar-refractivity contribution in [3.8, 4) is 5.88 Å². The zero-order valence-electron chi connectivity index (χ0n) is 10.8. The molecule has 2 rings (SSSR count). The number of aromatic nitrogens is 2. The van der Waals surface area contributed by atoms with Gasteiger partial charge in [0, 0.05) is 7.05 Å². The third-order valence-corrected chi connectivity index (χ3v) is 3.40. The Hall–Kier alpha value is -1.32. The van der Waals surface area contributed by atoms with Gasteiger partial charge in [-0.25, -0.2) is 4.98 Å². The molecule has 1 aliphatic carbocycles. The molecule has 0 amide bonds. The smallest absolute Gasteiger partial charge is 0.256 e. The predicted octanol–water partition coefficient (Wildman–Crippen LogP) is 2.13. The molecule has 17 heavy (non-hydrogen) atoms. The van der Waals surface area contributed by atoms with Crippen molar-refractivity contribution in [2.24, 2.45) is 12.5 Å². The van der Waals surface area contributed by atoms with E-state index < -0.39 is 0 Å². The lowest BCUT2D eigenvalue weighted by Gasteiger charge is -2.34. The highest BCUT2D eigenvalue weighted by atomic mass is 16.5. The van der Waals surface area contributed by atoms with E-state index in [1.165, 1.54) is 29.8 Å². The zero-order valence-corrected chi connectivity index (χ0v) is 10.8. The molecule has 0 aliphatic heterocycles. The van der Waals surface area contributed by atoms with Gasteiger partial charge >= 0.3 is 0 Å². The van der Waals surface area contributed by atoms with Crippen LogP contribution in [0, 0.1) is 5.41 Å².